The maximum Gasteiger partial charge on any atom is 0.251 e. The number of rotatable bonds is 13. The number of amides is 1. The highest BCUT2D eigenvalue weighted by molar-refractivity contribution is 5.96. The zero-order valence-corrected chi connectivity index (χ0v) is 20.7. The zero-order chi connectivity index (χ0) is 25.8. The van der Waals surface area contributed by atoms with Gasteiger partial charge in [0, 0.05) is 55.0 Å². The van der Waals surface area contributed by atoms with E-state index in [1.165, 1.54) is 0 Å². The highest BCUT2D eigenvalue weighted by atomic mass is 16.5. The molecule has 0 fully saturated rings. The van der Waals surface area contributed by atoms with Crippen molar-refractivity contribution in [2.75, 3.05) is 38.2 Å². The second-order valence-corrected chi connectivity index (χ2v) is 7.82. The van der Waals surface area contributed by atoms with Crippen LogP contribution in [0.1, 0.15) is 28.5 Å². The number of nitrogens with one attached hydrogen (secondary N) is 2. The zero-order valence-electron chi connectivity index (χ0n) is 20.7. The minimum atomic E-state index is -0.146. The summed E-state index contributed by atoms with van der Waals surface area (Å²) in [6.07, 6.45) is 17.1. The molecule has 1 amide bonds. The number of carbonyl (C=O) groups excluding carboxylic acids is 1. The Hall–Kier alpha value is -4.13. The van der Waals surface area contributed by atoms with Gasteiger partial charge in [-0.3, -0.25) is 9.20 Å². The lowest BCUT2D eigenvalue weighted by Gasteiger charge is -2.11. The van der Waals surface area contributed by atoms with E-state index in [9.17, 15) is 4.79 Å². The van der Waals surface area contributed by atoms with E-state index in [4.69, 9.17) is 21.6 Å². The average molecular weight is 489 g/mol. The van der Waals surface area contributed by atoms with Gasteiger partial charge in [0.25, 0.3) is 5.91 Å². The predicted octanol–water partition coefficient (Wildman–Crippen LogP) is 3.14. The second kappa shape index (κ2) is 13.7. The smallest absolute Gasteiger partial charge is 0.251 e. The molecule has 0 spiro atoms. The molecule has 2 heterocycles. The van der Waals surface area contributed by atoms with E-state index < -0.39 is 0 Å². The number of fused-ring (bicyclic) bond motifs is 1. The van der Waals surface area contributed by atoms with E-state index in [1.54, 1.807) is 12.3 Å². The summed E-state index contributed by atoms with van der Waals surface area (Å²) >= 11 is 0. The summed E-state index contributed by atoms with van der Waals surface area (Å²) in [4.78, 5) is 21.5. The molecule has 0 saturated carbocycles. The van der Waals surface area contributed by atoms with Gasteiger partial charge in [0.05, 0.1) is 13.2 Å². The third-order valence-corrected chi connectivity index (χ3v) is 5.25. The molecule has 0 aliphatic heterocycles. The van der Waals surface area contributed by atoms with E-state index in [0.717, 1.165) is 22.7 Å². The van der Waals surface area contributed by atoms with Crippen molar-refractivity contribution >= 4 is 23.1 Å². The Balaban J connectivity index is 1.67. The molecule has 0 bridgehead atoms. The minimum absolute atomic E-state index is 0.146. The number of nitrogens with zero attached hydrogens (tertiary/aromatic N) is 3. The van der Waals surface area contributed by atoms with Gasteiger partial charge in [0.1, 0.15) is 12.4 Å². The van der Waals surface area contributed by atoms with Gasteiger partial charge in [-0.05, 0) is 49.8 Å². The fourth-order valence-corrected chi connectivity index (χ4v) is 3.51. The second-order valence-electron chi connectivity index (χ2n) is 7.82. The van der Waals surface area contributed by atoms with Crippen LogP contribution >= 0.6 is 0 Å². The maximum absolute atomic E-state index is 12.5. The molecule has 0 aliphatic carbocycles. The Morgan fingerprint density at radius 3 is 2.92 bits per heavy atom. The van der Waals surface area contributed by atoms with Gasteiger partial charge < -0.3 is 25.8 Å². The quantitative estimate of drug-likeness (QED) is 0.146. The summed E-state index contributed by atoms with van der Waals surface area (Å²) in [5.74, 6) is 3.65. The first-order valence-electron chi connectivity index (χ1n) is 11.7. The summed E-state index contributed by atoms with van der Waals surface area (Å²) in [7, 11) is 0. The molecule has 3 rings (SSSR count). The van der Waals surface area contributed by atoms with Crippen molar-refractivity contribution < 1.29 is 14.3 Å². The van der Waals surface area contributed by atoms with Crippen LogP contribution < -0.4 is 16.4 Å². The molecular weight excluding hydrogens is 456 g/mol. The number of carbonyl (C=O) groups is 1. The molecule has 0 saturated heterocycles. The van der Waals surface area contributed by atoms with Gasteiger partial charge in [-0.25, -0.2) is 9.97 Å². The first-order valence-corrected chi connectivity index (χ1v) is 11.7. The maximum atomic E-state index is 12.5. The lowest BCUT2D eigenvalue weighted by atomic mass is 10.1. The van der Waals surface area contributed by atoms with Gasteiger partial charge in [-0.1, -0.05) is 12.0 Å². The number of hydrogen-bond acceptors (Lipinski definition) is 7. The van der Waals surface area contributed by atoms with E-state index in [2.05, 4.69) is 26.5 Å². The van der Waals surface area contributed by atoms with Crippen LogP contribution in [0.25, 0.3) is 5.65 Å². The van der Waals surface area contributed by atoms with E-state index in [0.29, 0.717) is 49.8 Å². The fraction of sp³-hybridized carbons (Fsp3) is 0.296. The van der Waals surface area contributed by atoms with Crippen LogP contribution in [0.15, 0.2) is 60.8 Å². The molecule has 1 aromatic carbocycles. The van der Waals surface area contributed by atoms with Crippen molar-refractivity contribution in [3.63, 3.8) is 0 Å². The van der Waals surface area contributed by atoms with Crippen LogP contribution in [0.4, 0.5) is 11.5 Å². The number of terminal acetylenes is 1. The molecule has 0 atom stereocenters. The molecule has 36 heavy (non-hydrogen) atoms. The highest BCUT2D eigenvalue weighted by Crippen LogP contribution is 2.22. The van der Waals surface area contributed by atoms with Crippen molar-refractivity contribution in [1.82, 2.24) is 19.7 Å². The van der Waals surface area contributed by atoms with Crippen molar-refractivity contribution in [3.8, 4) is 12.3 Å². The number of aromatic nitrogens is 3. The Morgan fingerprint density at radius 2 is 2.17 bits per heavy atom. The third kappa shape index (κ3) is 7.18. The Morgan fingerprint density at radius 1 is 1.31 bits per heavy atom. The third-order valence-electron chi connectivity index (χ3n) is 5.25. The van der Waals surface area contributed by atoms with Crippen molar-refractivity contribution in [1.29, 1.82) is 0 Å². The van der Waals surface area contributed by atoms with Crippen LogP contribution in [0.5, 0.6) is 0 Å². The molecule has 0 aliphatic rings. The normalized spacial score (nSPS) is 11.6. The Bertz CT molecular complexity index is 1270. The molecule has 2 aromatic heterocycles. The number of allylic oxidation sites excluding steroid dienone is 3. The van der Waals surface area contributed by atoms with Gasteiger partial charge in [-0.15, -0.1) is 6.42 Å². The van der Waals surface area contributed by atoms with Crippen LogP contribution in [-0.4, -0.2) is 53.2 Å². The van der Waals surface area contributed by atoms with Crippen LogP contribution in [-0.2, 0) is 15.9 Å². The molecule has 0 unspecified atom stereocenters. The molecule has 3 aromatic rings. The standard InChI is InChI=1S/C27H32N6O3/c1-4-15-36-23(5-2)8-6-7-22-19-31-26-25(29-12-14-33(22)26)32-21-9-10-24(20(3)18-21)27(34)30-13-17-35-16-11-28/h1,5-6,8-10,12,14,18-19H,7,11,13,15-17,28H2,2-3H3,(H,29,32)(H,30,34)/b8-6-,23-5+. The number of anilines is 2. The van der Waals surface area contributed by atoms with E-state index in [-0.39, 0.29) is 12.5 Å². The molecule has 9 heteroatoms. The number of ether oxygens (including phenoxy) is 2. The molecule has 4 N–H and O–H groups in total. The van der Waals surface area contributed by atoms with Gasteiger partial charge >= 0.3 is 0 Å². The minimum Gasteiger partial charge on any atom is -0.481 e. The van der Waals surface area contributed by atoms with Gasteiger partial charge in [0.2, 0.25) is 0 Å². The summed E-state index contributed by atoms with van der Waals surface area (Å²) in [5, 5.41) is 6.17. The summed E-state index contributed by atoms with van der Waals surface area (Å²) < 4.78 is 12.7. The Labute approximate surface area is 211 Å². The molecule has 9 nitrogen and oxygen atoms in total. The lowest BCUT2D eigenvalue weighted by Crippen LogP contribution is -2.28. The predicted molar refractivity (Wildman–Crippen MR) is 141 cm³/mol. The van der Waals surface area contributed by atoms with E-state index >= 15 is 0 Å². The van der Waals surface area contributed by atoms with Crippen LogP contribution in [0, 0.1) is 19.3 Å². The molecule has 188 valence electrons. The summed E-state index contributed by atoms with van der Waals surface area (Å²) in [5.41, 5.74) is 9.34. The first-order chi connectivity index (χ1) is 17.6. The largest absolute Gasteiger partial charge is 0.481 e. The topological polar surface area (TPSA) is 116 Å². The number of aryl methyl sites for hydroxylation is 1. The highest BCUT2D eigenvalue weighted by Gasteiger charge is 2.12. The van der Waals surface area contributed by atoms with E-state index in [1.807, 2.05) is 61.0 Å². The van der Waals surface area contributed by atoms with Gasteiger partial charge in [-0.2, -0.15) is 0 Å². The number of imidazole rings is 1. The Kier molecular flexibility index (Phi) is 10.1. The first kappa shape index (κ1) is 26.5. The SMILES string of the molecule is C#CCOC(/C=C\Cc1cnc2c(Nc3ccc(C(=O)NCCOCCN)c(C)c3)nccn12)=C/C. The monoisotopic (exact) mass is 488 g/mol. The summed E-state index contributed by atoms with van der Waals surface area (Å²) in [6.45, 7) is 5.81. The van der Waals surface area contributed by atoms with Crippen molar-refractivity contribution in [3.05, 3.63) is 77.6 Å². The van der Waals surface area contributed by atoms with Crippen molar-refractivity contribution in [2.24, 2.45) is 5.73 Å². The molecular formula is C27H32N6O3. The lowest BCUT2D eigenvalue weighted by molar-refractivity contribution is 0.0919. The number of hydrogen-bond donors (Lipinski definition) is 3. The molecule has 0 radical (unpaired) electrons. The fourth-order valence-electron chi connectivity index (χ4n) is 3.51. The number of nitrogens with two attached hydrogens (primary N) is 1. The summed E-state index contributed by atoms with van der Waals surface area (Å²) in [6, 6.07) is 5.54. The average Bonchev–Trinajstić information content (AvgIpc) is 3.30. The number of benzene rings is 1. The van der Waals surface area contributed by atoms with Crippen molar-refractivity contribution in [2.45, 2.75) is 20.3 Å². The van der Waals surface area contributed by atoms with Crippen LogP contribution in [0.3, 0.4) is 0 Å². The van der Waals surface area contributed by atoms with Crippen LogP contribution in [0.2, 0.25) is 0 Å². The van der Waals surface area contributed by atoms with Gasteiger partial charge in [0.15, 0.2) is 11.5 Å².